The summed E-state index contributed by atoms with van der Waals surface area (Å²) in [6.07, 6.45) is 4.98. The summed E-state index contributed by atoms with van der Waals surface area (Å²) in [5, 5.41) is 3.05. The van der Waals surface area contributed by atoms with Crippen LogP contribution in [0.4, 0.5) is 0 Å². The van der Waals surface area contributed by atoms with Gasteiger partial charge >= 0.3 is 0 Å². The highest BCUT2D eigenvalue weighted by Crippen LogP contribution is 2.36. The first kappa shape index (κ1) is 13.8. The third-order valence-corrected chi connectivity index (χ3v) is 4.02. The van der Waals surface area contributed by atoms with Crippen molar-refractivity contribution in [3.63, 3.8) is 0 Å². The van der Waals surface area contributed by atoms with Crippen LogP contribution in [0.25, 0.3) is 0 Å². The molecule has 1 N–H and O–H groups in total. The maximum absolute atomic E-state index is 12.0. The number of hydrogen-bond acceptors (Lipinski definition) is 3. The van der Waals surface area contributed by atoms with E-state index >= 15 is 0 Å². The van der Waals surface area contributed by atoms with Gasteiger partial charge in [-0.1, -0.05) is 0 Å². The smallest absolute Gasteiger partial charge is 0.234 e. The van der Waals surface area contributed by atoms with Crippen LogP contribution < -0.4 is 5.32 Å². The van der Waals surface area contributed by atoms with E-state index in [-0.39, 0.29) is 11.4 Å². The van der Waals surface area contributed by atoms with Crippen LogP contribution >= 0.6 is 0 Å². The lowest BCUT2D eigenvalue weighted by atomic mass is 9.99. The number of fused-ring (bicyclic) bond motifs is 2. The first-order valence-corrected chi connectivity index (χ1v) is 6.98. The van der Waals surface area contributed by atoms with Crippen molar-refractivity contribution in [2.45, 2.75) is 70.2 Å². The molecule has 2 atom stereocenters. The molecule has 1 amide bonds. The largest absolute Gasteiger partial charge is 0.381 e. The molecule has 2 saturated heterocycles. The summed E-state index contributed by atoms with van der Waals surface area (Å²) >= 11 is 0. The summed E-state index contributed by atoms with van der Waals surface area (Å²) in [6, 6.07) is 1.08. The third-order valence-electron chi connectivity index (χ3n) is 4.02. The Labute approximate surface area is 110 Å². The number of piperidine rings is 1. The molecule has 0 spiro atoms. The Bertz CT molecular complexity index is 297. The topological polar surface area (TPSA) is 41.6 Å². The molecule has 2 unspecified atom stereocenters. The Morgan fingerprint density at radius 2 is 1.83 bits per heavy atom. The van der Waals surface area contributed by atoms with Crippen LogP contribution in [0.15, 0.2) is 0 Å². The fraction of sp³-hybridized carbons (Fsp3) is 0.929. The van der Waals surface area contributed by atoms with Gasteiger partial charge in [0.05, 0.1) is 12.6 Å². The van der Waals surface area contributed by atoms with Crippen molar-refractivity contribution in [3.05, 3.63) is 0 Å². The number of rotatable bonds is 3. The number of amides is 1. The van der Waals surface area contributed by atoms with Gasteiger partial charge in [0.15, 0.2) is 0 Å². The zero-order chi connectivity index (χ0) is 13.3. The van der Waals surface area contributed by atoms with Crippen molar-refractivity contribution in [2.75, 3.05) is 13.7 Å². The van der Waals surface area contributed by atoms with Crippen LogP contribution in [0.2, 0.25) is 0 Å². The van der Waals surface area contributed by atoms with E-state index in [2.05, 4.69) is 10.2 Å². The summed E-state index contributed by atoms with van der Waals surface area (Å²) in [6.45, 7) is 6.62. The summed E-state index contributed by atoms with van der Waals surface area (Å²) < 4.78 is 5.48. The van der Waals surface area contributed by atoms with E-state index in [9.17, 15) is 4.79 Å². The standard InChI is InChI=1S/C14H26N2O2/c1-14(2,3)15-13(17)9-16-10-5-6-11(16)8-12(7-10)18-4/h10-12H,5-9H2,1-4H3,(H,15,17). The second-order valence-corrected chi connectivity index (χ2v) is 6.68. The van der Waals surface area contributed by atoms with Gasteiger partial charge in [0.1, 0.15) is 0 Å². The Balaban J connectivity index is 1.90. The number of hydrogen-bond donors (Lipinski definition) is 1. The number of ether oxygens (including phenoxy) is 1. The quantitative estimate of drug-likeness (QED) is 0.830. The van der Waals surface area contributed by atoms with Gasteiger partial charge in [-0.3, -0.25) is 9.69 Å². The van der Waals surface area contributed by atoms with Gasteiger partial charge in [0, 0.05) is 24.7 Å². The SMILES string of the molecule is COC1CC2CCC(C1)N2CC(=O)NC(C)(C)C. The molecule has 0 aromatic heterocycles. The molecular formula is C14H26N2O2. The van der Waals surface area contributed by atoms with E-state index in [1.165, 1.54) is 12.8 Å². The van der Waals surface area contributed by atoms with Gasteiger partial charge in [0.25, 0.3) is 0 Å². The normalized spacial score (nSPS) is 32.6. The molecule has 2 aliphatic rings. The molecule has 0 saturated carbocycles. The summed E-state index contributed by atoms with van der Waals surface area (Å²) in [5.41, 5.74) is -0.138. The number of carbonyl (C=O) groups excluding carboxylic acids is 1. The Kier molecular flexibility index (Phi) is 3.97. The summed E-state index contributed by atoms with van der Waals surface area (Å²) in [4.78, 5) is 14.4. The predicted molar refractivity (Wildman–Crippen MR) is 71.4 cm³/mol. The van der Waals surface area contributed by atoms with E-state index in [4.69, 9.17) is 4.74 Å². The molecule has 4 heteroatoms. The molecule has 2 bridgehead atoms. The minimum absolute atomic E-state index is 0.138. The maximum Gasteiger partial charge on any atom is 0.234 e. The molecule has 4 nitrogen and oxygen atoms in total. The van der Waals surface area contributed by atoms with Crippen LogP contribution in [-0.4, -0.2) is 48.2 Å². The van der Waals surface area contributed by atoms with Crippen molar-refractivity contribution < 1.29 is 9.53 Å². The van der Waals surface area contributed by atoms with Gasteiger partial charge in [0.2, 0.25) is 5.91 Å². The van der Waals surface area contributed by atoms with E-state index in [0.29, 0.717) is 24.7 Å². The number of nitrogens with one attached hydrogen (secondary N) is 1. The van der Waals surface area contributed by atoms with Crippen LogP contribution in [0.3, 0.4) is 0 Å². The molecule has 18 heavy (non-hydrogen) atoms. The molecule has 0 aromatic carbocycles. The van der Waals surface area contributed by atoms with Crippen molar-refractivity contribution >= 4 is 5.91 Å². The Morgan fingerprint density at radius 1 is 1.28 bits per heavy atom. The average molecular weight is 254 g/mol. The van der Waals surface area contributed by atoms with Crippen molar-refractivity contribution in [1.82, 2.24) is 10.2 Å². The summed E-state index contributed by atoms with van der Waals surface area (Å²) in [5.74, 6) is 0.148. The summed E-state index contributed by atoms with van der Waals surface area (Å²) in [7, 11) is 1.80. The zero-order valence-corrected chi connectivity index (χ0v) is 12.0. The molecule has 2 heterocycles. The third kappa shape index (κ3) is 3.23. The van der Waals surface area contributed by atoms with E-state index < -0.39 is 0 Å². The molecule has 0 aliphatic carbocycles. The van der Waals surface area contributed by atoms with Gasteiger partial charge < -0.3 is 10.1 Å². The van der Waals surface area contributed by atoms with Crippen LogP contribution in [0, 0.1) is 0 Å². The lowest BCUT2D eigenvalue weighted by molar-refractivity contribution is -0.125. The first-order valence-electron chi connectivity index (χ1n) is 6.98. The van der Waals surface area contributed by atoms with E-state index in [1.54, 1.807) is 7.11 Å². The van der Waals surface area contributed by atoms with E-state index in [0.717, 1.165) is 12.8 Å². The fourth-order valence-corrected chi connectivity index (χ4v) is 3.30. The molecule has 2 rings (SSSR count). The highest BCUT2D eigenvalue weighted by molar-refractivity contribution is 5.78. The molecule has 2 fully saturated rings. The fourth-order valence-electron chi connectivity index (χ4n) is 3.30. The molecule has 0 radical (unpaired) electrons. The lowest BCUT2D eigenvalue weighted by Gasteiger charge is -2.38. The number of methoxy groups -OCH3 is 1. The maximum atomic E-state index is 12.0. The minimum Gasteiger partial charge on any atom is -0.381 e. The first-order chi connectivity index (χ1) is 8.39. The van der Waals surface area contributed by atoms with Gasteiger partial charge in [-0.15, -0.1) is 0 Å². The minimum atomic E-state index is -0.138. The molecule has 104 valence electrons. The monoisotopic (exact) mass is 254 g/mol. The average Bonchev–Trinajstić information content (AvgIpc) is 2.49. The van der Waals surface area contributed by atoms with E-state index in [1.807, 2.05) is 20.8 Å². The predicted octanol–water partition coefficient (Wildman–Crippen LogP) is 1.54. The Hall–Kier alpha value is -0.610. The highest BCUT2D eigenvalue weighted by Gasteiger charge is 2.41. The zero-order valence-electron chi connectivity index (χ0n) is 12.0. The van der Waals surface area contributed by atoms with Crippen LogP contribution in [0.1, 0.15) is 46.5 Å². The van der Waals surface area contributed by atoms with Crippen molar-refractivity contribution in [3.8, 4) is 0 Å². The van der Waals surface area contributed by atoms with Gasteiger partial charge in [-0.25, -0.2) is 0 Å². The molecule has 0 aromatic rings. The second kappa shape index (κ2) is 5.17. The van der Waals surface area contributed by atoms with Gasteiger partial charge in [-0.2, -0.15) is 0 Å². The second-order valence-electron chi connectivity index (χ2n) is 6.68. The molecule has 2 aliphatic heterocycles. The van der Waals surface area contributed by atoms with Gasteiger partial charge in [-0.05, 0) is 46.5 Å². The lowest BCUT2D eigenvalue weighted by Crippen LogP contribution is -2.52. The number of nitrogens with zero attached hydrogens (tertiary/aromatic N) is 1. The Morgan fingerprint density at radius 3 is 2.28 bits per heavy atom. The molecular weight excluding hydrogens is 228 g/mol. The van der Waals surface area contributed by atoms with Crippen molar-refractivity contribution in [2.24, 2.45) is 0 Å². The highest BCUT2D eigenvalue weighted by atomic mass is 16.5. The van der Waals surface area contributed by atoms with Crippen LogP contribution in [-0.2, 0) is 9.53 Å². The van der Waals surface area contributed by atoms with Crippen LogP contribution in [0.5, 0.6) is 0 Å². The van der Waals surface area contributed by atoms with Crippen molar-refractivity contribution in [1.29, 1.82) is 0 Å². The number of carbonyl (C=O) groups is 1.